The van der Waals surface area contributed by atoms with Crippen molar-refractivity contribution in [3.05, 3.63) is 53.0 Å². The van der Waals surface area contributed by atoms with Crippen LogP contribution in [0.1, 0.15) is 13.8 Å². The highest BCUT2D eigenvalue weighted by molar-refractivity contribution is 9.10. The van der Waals surface area contributed by atoms with Crippen molar-refractivity contribution in [2.45, 2.75) is 13.8 Å². The zero-order valence-corrected chi connectivity index (χ0v) is 16.3. The third-order valence-corrected chi connectivity index (χ3v) is 4.80. The molecule has 0 aliphatic heterocycles. The molecule has 0 amide bonds. The van der Waals surface area contributed by atoms with E-state index in [4.69, 9.17) is 9.97 Å². The highest BCUT2D eigenvalue weighted by Gasteiger charge is 2.10. The molecular weight excluding hydrogens is 376 g/mol. The molecule has 0 bridgehead atoms. The third-order valence-electron chi connectivity index (χ3n) is 4.30. The summed E-state index contributed by atoms with van der Waals surface area (Å²) in [5.74, 6) is 1.64. The van der Waals surface area contributed by atoms with Crippen molar-refractivity contribution in [3.8, 4) is 11.4 Å². The van der Waals surface area contributed by atoms with Crippen molar-refractivity contribution in [2.75, 3.05) is 31.5 Å². The number of aromatic nitrogens is 2. The topological polar surface area (TPSA) is 41.0 Å². The highest BCUT2D eigenvalue weighted by Crippen LogP contribution is 2.27. The van der Waals surface area contributed by atoms with Crippen LogP contribution in [0.25, 0.3) is 22.3 Å². The molecule has 1 N–H and O–H groups in total. The Hall–Kier alpha value is -1.98. The van der Waals surface area contributed by atoms with E-state index in [-0.39, 0.29) is 0 Å². The standard InChI is InChI=1S/C20H23BrN4/c1-3-25(4-2)13-12-22-20-17-14-16(21)10-11-18(17)23-19(24-20)15-8-6-5-7-9-15/h5-11,14H,3-4,12-13H2,1-2H3,(H,22,23,24). The lowest BCUT2D eigenvalue weighted by Gasteiger charge is -2.19. The Balaban J connectivity index is 1.95. The van der Waals surface area contributed by atoms with Crippen molar-refractivity contribution in [1.82, 2.24) is 14.9 Å². The predicted octanol–water partition coefficient (Wildman–Crippen LogP) is 4.81. The maximum atomic E-state index is 4.80. The Bertz CT molecular complexity index is 832. The number of halogens is 1. The van der Waals surface area contributed by atoms with Gasteiger partial charge in [-0.3, -0.25) is 0 Å². The van der Waals surface area contributed by atoms with E-state index in [2.05, 4.69) is 46.1 Å². The fourth-order valence-electron chi connectivity index (χ4n) is 2.82. The minimum Gasteiger partial charge on any atom is -0.368 e. The first kappa shape index (κ1) is 17.8. The van der Waals surface area contributed by atoms with Gasteiger partial charge in [-0.05, 0) is 31.3 Å². The third kappa shape index (κ3) is 4.35. The molecule has 25 heavy (non-hydrogen) atoms. The Morgan fingerprint density at radius 2 is 1.76 bits per heavy atom. The number of nitrogens with one attached hydrogen (secondary N) is 1. The summed E-state index contributed by atoms with van der Waals surface area (Å²) in [6.07, 6.45) is 0. The van der Waals surface area contributed by atoms with E-state index in [0.717, 1.165) is 58.8 Å². The second-order valence-corrected chi connectivity index (χ2v) is 6.79. The fraction of sp³-hybridized carbons (Fsp3) is 0.300. The lowest BCUT2D eigenvalue weighted by Crippen LogP contribution is -2.28. The average molecular weight is 399 g/mol. The van der Waals surface area contributed by atoms with Crippen LogP contribution in [0, 0.1) is 0 Å². The number of fused-ring (bicyclic) bond motifs is 1. The van der Waals surface area contributed by atoms with Crippen LogP contribution in [0.5, 0.6) is 0 Å². The number of rotatable bonds is 7. The van der Waals surface area contributed by atoms with E-state index in [1.807, 2.05) is 42.5 Å². The van der Waals surface area contributed by atoms with E-state index in [1.54, 1.807) is 0 Å². The molecule has 0 saturated heterocycles. The lowest BCUT2D eigenvalue weighted by molar-refractivity contribution is 0.316. The van der Waals surface area contributed by atoms with Gasteiger partial charge in [-0.15, -0.1) is 0 Å². The molecule has 4 nitrogen and oxygen atoms in total. The van der Waals surface area contributed by atoms with Crippen LogP contribution in [0.3, 0.4) is 0 Å². The summed E-state index contributed by atoms with van der Waals surface area (Å²) in [6, 6.07) is 16.2. The van der Waals surface area contributed by atoms with Gasteiger partial charge in [0.2, 0.25) is 0 Å². The van der Waals surface area contributed by atoms with Gasteiger partial charge in [0.1, 0.15) is 5.82 Å². The van der Waals surface area contributed by atoms with Gasteiger partial charge in [0.05, 0.1) is 5.52 Å². The van der Waals surface area contributed by atoms with Crippen LogP contribution in [0.2, 0.25) is 0 Å². The summed E-state index contributed by atoms with van der Waals surface area (Å²) in [5, 5.41) is 4.55. The zero-order chi connectivity index (χ0) is 17.6. The van der Waals surface area contributed by atoms with Crippen molar-refractivity contribution in [2.24, 2.45) is 0 Å². The van der Waals surface area contributed by atoms with E-state index >= 15 is 0 Å². The molecule has 0 fully saturated rings. The molecule has 2 aromatic carbocycles. The molecule has 0 unspecified atom stereocenters. The first-order valence-electron chi connectivity index (χ1n) is 8.70. The summed E-state index contributed by atoms with van der Waals surface area (Å²) in [6.45, 7) is 8.34. The molecule has 0 aliphatic carbocycles. The average Bonchev–Trinajstić information content (AvgIpc) is 2.66. The van der Waals surface area contributed by atoms with Gasteiger partial charge in [-0.1, -0.05) is 60.1 Å². The summed E-state index contributed by atoms with van der Waals surface area (Å²) < 4.78 is 1.03. The molecule has 0 aliphatic rings. The summed E-state index contributed by atoms with van der Waals surface area (Å²) in [5.41, 5.74) is 1.97. The van der Waals surface area contributed by atoms with E-state index < -0.39 is 0 Å². The first-order valence-corrected chi connectivity index (χ1v) is 9.49. The second-order valence-electron chi connectivity index (χ2n) is 5.88. The summed E-state index contributed by atoms with van der Waals surface area (Å²) in [4.78, 5) is 11.9. The Kier molecular flexibility index (Phi) is 6.00. The Labute approximate surface area is 157 Å². The largest absolute Gasteiger partial charge is 0.368 e. The molecule has 3 rings (SSSR count). The molecule has 1 aromatic heterocycles. The number of hydrogen-bond acceptors (Lipinski definition) is 4. The SMILES string of the molecule is CCN(CC)CCNc1nc(-c2ccccc2)nc2ccc(Br)cc12. The molecule has 0 spiro atoms. The fourth-order valence-corrected chi connectivity index (χ4v) is 3.19. The van der Waals surface area contributed by atoms with Crippen LogP contribution in [-0.2, 0) is 0 Å². The smallest absolute Gasteiger partial charge is 0.162 e. The van der Waals surface area contributed by atoms with Gasteiger partial charge >= 0.3 is 0 Å². The number of nitrogens with zero attached hydrogens (tertiary/aromatic N) is 3. The van der Waals surface area contributed by atoms with E-state index in [1.165, 1.54) is 0 Å². The number of benzene rings is 2. The maximum absolute atomic E-state index is 4.80. The van der Waals surface area contributed by atoms with Crippen LogP contribution in [0.15, 0.2) is 53.0 Å². The van der Waals surface area contributed by atoms with Gasteiger partial charge in [-0.2, -0.15) is 0 Å². The zero-order valence-electron chi connectivity index (χ0n) is 14.7. The minimum absolute atomic E-state index is 0.751. The van der Waals surface area contributed by atoms with Crippen LogP contribution >= 0.6 is 15.9 Å². The quantitative estimate of drug-likeness (QED) is 0.619. The molecule has 0 saturated carbocycles. The Morgan fingerprint density at radius 3 is 2.48 bits per heavy atom. The van der Waals surface area contributed by atoms with Crippen LogP contribution in [-0.4, -0.2) is 41.0 Å². The number of likely N-dealkylation sites (N-methyl/N-ethyl adjacent to an activating group) is 1. The Morgan fingerprint density at radius 1 is 1.00 bits per heavy atom. The molecule has 0 atom stereocenters. The van der Waals surface area contributed by atoms with Gasteiger partial charge in [0.25, 0.3) is 0 Å². The second kappa shape index (κ2) is 8.41. The monoisotopic (exact) mass is 398 g/mol. The molecular formula is C20H23BrN4. The van der Waals surface area contributed by atoms with E-state index in [0.29, 0.717) is 0 Å². The lowest BCUT2D eigenvalue weighted by atomic mass is 10.2. The number of anilines is 1. The molecule has 3 aromatic rings. The molecule has 1 heterocycles. The van der Waals surface area contributed by atoms with Crippen molar-refractivity contribution >= 4 is 32.7 Å². The normalized spacial score (nSPS) is 11.2. The van der Waals surface area contributed by atoms with Gasteiger partial charge in [0.15, 0.2) is 5.82 Å². The van der Waals surface area contributed by atoms with Crippen LogP contribution < -0.4 is 5.32 Å². The summed E-state index contributed by atoms with van der Waals surface area (Å²) >= 11 is 3.55. The van der Waals surface area contributed by atoms with Gasteiger partial charge in [0, 0.05) is 28.5 Å². The highest BCUT2D eigenvalue weighted by atomic mass is 79.9. The van der Waals surface area contributed by atoms with Crippen molar-refractivity contribution in [1.29, 1.82) is 0 Å². The summed E-state index contributed by atoms with van der Waals surface area (Å²) in [7, 11) is 0. The van der Waals surface area contributed by atoms with Gasteiger partial charge < -0.3 is 10.2 Å². The number of hydrogen-bond donors (Lipinski definition) is 1. The van der Waals surface area contributed by atoms with Gasteiger partial charge in [-0.25, -0.2) is 9.97 Å². The molecule has 130 valence electrons. The van der Waals surface area contributed by atoms with Crippen LogP contribution in [0.4, 0.5) is 5.82 Å². The predicted molar refractivity (Wildman–Crippen MR) is 109 cm³/mol. The maximum Gasteiger partial charge on any atom is 0.162 e. The van der Waals surface area contributed by atoms with Crippen molar-refractivity contribution in [3.63, 3.8) is 0 Å². The molecule has 0 radical (unpaired) electrons. The minimum atomic E-state index is 0.751. The molecule has 5 heteroatoms. The van der Waals surface area contributed by atoms with Crippen molar-refractivity contribution < 1.29 is 0 Å². The first-order chi connectivity index (χ1) is 12.2. The van der Waals surface area contributed by atoms with E-state index in [9.17, 15) is 0 Å².